The summed E-state index contributed by atoms with van der Waals surface area (Å²) in [7, 11) is 0. The molecule has 0 spiro atoms. The fraction of sp³-hybridized carbons (Fsp3) is 0.0833. The molecular weight excluding hydrogens is 352 g/mol. The third kappa shape index (κ3) is 4.26. The number of rotatable bonds is 6. The normalized spacial score (nSPS) is 17.4. The van der Waals surface area contributed by atoms with Crippen molar-refractivity contribution in [1.29, 1.82) is 0 Å². The minimum atomic E-state index is -0.946. The van der Waals surface area contributed by atoms with E-state index in [0.29, 0.717) is 0 Å². The molecule has 0 heterocycles. The van der Waals surface area contributed by atoms with Gasteiger partial charge in [-0.2, -0.15) is 0 Å². The van der Waals surface area contributed by atoms with Crippen molar-refractivity contribution in [3.05, 3.63) is 115 Å². The number of hydrogen-bond acceptors (Lipinski definition) is 3. The van der Waals surface area contributed by atoms with Gasteiger partial charge in [0.15, 0.2) is 0 Å². The van der Waals surface area contributed by atoms with Crippen molar-refractivity contribution in [3.8, 4) is 11.5 Å². The molecule has 0 N–H and O–H groups in total. The van der Waals surface area contributed by atoms with E-state index in [1.54, 1.807) is 11.8 Å². The number of thioether (sulfide) groups is 1. The van der Waals surface area contributed by atoms with Gasteiger partial charge >= 0.3 is 0 Å². The smallest absolute Gasteiger partial charge is 0.287 e. The maximum atomic E-state index is 6.45. The second-order valence-corrected chi connectivity index (χ2v) is 7.36. The second kappa shape index (κ2) is 8.19. The molecule has 0 radical (unpaired) electrons. The summed E-state index contributed by atoms with van der Waals surface area (Å²) in [4.78, 5) is 1.17. The van der Waals surface area contributed by atoms with E-state index in [2.05, 4.69) is 18.2 Å². The highest BCUT2D eigenvalue weighted by Crippen LogP contribution is 2.39. The van der Waals surface area contributed by atoms with E-state index >= 15 is 0 Å². The number of allylic oxidation sites excluding steroid dienone is 2. The summed E-state index contributed by atoms with van der Waals surface area (Å²) in [6, 6.07) is 29.9. The molecule has 27 heavy (non-hydrogen) atoms. The second-order valence-electron chi connectivity index (χ2n) is 6.15. The Hall–Kier alpha value is -2.91. The van der Waals surface area contributed by atoms with Crippen LogP contribution in [0.1, 0.15) is 0 Å². The van der Waals surface area contributed by atoms with Crippen molar-refractivity contribution in [3.63, 3.8) is 0 Å². The molecule has 0 aliphatic heterocycles. The molecule has 134 valence electrons. The van der Waals surface area contributed by atoms with Crippen LogP contribution in [-0.2, 0) is 0 Å². The summed E-state index contributed by atoms with van der Waals surface area (Å²) < 4.78 is 12.9. The van der Waals surface area contributed by atoms with Crippen LogP contribution in [0.5, 0.6) is 11.5 Å². The molecule has 2 nitrogen and oxygen atoms in total. The van der Waals surface area contributed by atoms with E-state index in [4.69, 9.17) is 9.47 Å². The van der Waals surface area contributed by atoms with Gasteiger partial charge in [-0.3, -0.25) is 0 Å². The highest BCUT2D eigenvalue weighted by molar-refractivity contribution is 8.00. The van der Waals surface area contributed by atoms with Crippen molar-refractivity contribution in [2.75, 3.05) is 0 Å². The molecule has 1 atom stereocenters. The van der Waals surface area contributed by atoms with Crippen LogP contribution in [0.25, 0.3) is 0 Å². The maximum Gasteiger partial charge on any atom is 0.287 e. The minimum Gasteiger partial charge on any atom is -0.447 e. The Labute approximate surface area is 164 Å². The standard InChI is InChI=1S/C24H20O2S/c1-4-12-20(13-5-1)25-24(26-21-14-6-2-7-15-21)19-11-10-18-23(24)27-22-16-8-3-9-17-22/h1-19,23H. The van der Waals surface area contributed by atoms with Gasteiger partial charge < -0.3 is 9.47 Å². The van der Waals surface area contributed by atoms with E-state index in [0.717, 1.165) is 11.5 Å². The van der Waals surface area contributed by atoms with Crippen molar-refractivity contribution < 1.29 is 9.47 Å². The average Bonchev–Trinajstić information content (AvgIpc) is 2.72. The summed E-state index contributed by atoms with van der Waals surface area (Å²) in [5.74, 6) is 0.594. The largest absolute Gasteiger partial charge is 0.447 e. The third-order valence-electron chi connectivity index (χ3n) is 4.17. The lowest BCUT2D eigenvalue weighted by atomic mass is 10.1. The van der Waals surface area contributed by atoms with Crippen LogP contribution in [0.4, 0.5) is 0 Å². The summed E-state index contributed by atoms with van der Waals surface area (Å²) in [5, 5.41) is -0.0506. The number of para-hydroxylation sites is 2. The van der Waals surface area contributed by atoms with Crippen LogP contribution in [0.15, 0.2) is 120 Å². The van der Waals surface area contributed by atoms with Crippen molar-refractivity contribution in [2.24, 2.45) is 0 Å². The SMILES string of the molecule is C1=CC(Sc2ccccc2)C(Oc2ccccc2)(Oc2ccccc2)C=C1. The van der Waals surface area contributed by atoms with Crippen LogP contribution in [0.3, 0.4) is 0 Å². The highest BCUT2D eigenvalue weighted by Gasteiger charge is 2.42. The van der Waals surface area contributed by atoms with E-state index in [-0.39, 0.29) is 5.25 Å². The van der Waals surface area contributed by atoms with Gasteiger partial charge in [-0.1, -0.05) is 72.8 Å². The van der Waals surface area contributed by atoms with Gasteiger partial charge in [-0.25, -0.2) is 0 Å². The quantitative estimate of drug-likeness (QED) is 0.485. The van der Waals surface area contributed by atoms with Crippen LogP contribution >= 0.6 is 11.8 Å². The lowest BCUT2D eigenvalue weighted by Crippen LogP contribution is -2.49. The van der Waals surface area contributed by atoms with Gasteiger partial charge in [-0.05, 0) is 36.4 Å². The molecule has 1 aliphatic carbocycles. The molecule has 0 bridgehead atoms. The van der Waals surface area contributed by atoms with E-state index in [1.165, 1.54) is 4.90 Å². The minimum absolute atomic E-state index is 0.0506. The molecule has 1 aliphatic rings. The maximum absolute atomic E-state index is 6.45. The van der Waals surface area contributed by atoms with Crippen molar-refractivity contribution >= 4 is 11.8 Å². The summed E-state index contributed by atoms with van der Waals surface area (Å²) in [6.07, 6.45) is 8.15. The number of ether oxygens (including phenoxy) is 2. The van der Waals surface area contributed by atoms with Crippen LogP contribution in [0, 0.1) is 0 Å². The Morgan fingerprint density at radius 3 is 1.70 bits per heavy atom. The number of hydrogen-bond donors (Lipinski definition) is 0. The third-order valence-corrected chi connectivity index (χ3v) is 5.45. The summed E-state index contributed by atoms with van der Waals surface area (Å²) in [5.41, 5.74) is 0. The fourth-order valence-corrected chi connectivity index (χ4v) is 4.02. The predicted octanol–water partition coefficient (Wildman–Crippen LogP) is 6.13. The summed E-state index contributed by atoms with van der Waals surface area (Å²) >= 11 is 1.72. The highest BCUT2D eigenvalue weighted by atomic mass is 32.2. The van der Waals surface area contributed by atoms with Gasteiger partial charge in [0.25, 0.3) is 5.79 Å². The lowest BCUT2D eigenvalue weighted by molar-refractivity contribution is -0.0642. The van der Waals surface area contributed by atoms with Crippen molar-refractivity contribution in [1.82, 2.24) is 0 Å². The molecule has 0 saturated carbocycles. The van der Waals surface area contributed by atoms with Crippen molar-refractivity contribution in [2.45, 2.75) is 15.9 Å². The van der Waals surface area contributed by atoms with Gasteiger partial charge in [0.1, 0.15) is 16.7 Å². The first kappa shape index (κ1) is 17.5. The van der Waals surface area contributed by atoms with Gasteiger partial charge in [0.05, 0.1) is 0 Å². The Bertz CT molecular complexity index is 863. The predicted molar refractivity (Wildman–Crippen MR) is 111 cm³/mol. The lowest BCUT2D eigenvalue weighted by Gasteiger charge is -2.38. The average molecular weight is 372 g/mol. The molecule has 3 aromatic carbocycles. The molecule has 0 fully saturated rings. The molecule has 0 saturated heterocycles. The monoisotopic (exact) mass is 372 g/mol. The van der Waals surface area contributed by atoms with Crippen LogP contribution < -0.4 is 9.47 Å². The van der Waals surface area contributed by atoms with E-state index < -0.39 is 5.79 Å². The topological polar surface area (TPSA) is 18.5 Å². The Balaban J connectivity index is 1.70. The van der Waals surface area contributed by atoms with Gasteiger partial charge in [-0.15, -0.1) is 11.8 Å². The Kier molecular flexibility index (Phi) is 5.31. The Morgan fingerprint density at radius 2 is 1.15 bits per heavy atom. The van der Waals surface area contributed by atoms with E-state index in [1.807, 2.05) is 97.1 Å². The molecule has 3 heteroatoms. The van der Waals surface area contributed by atoms with Gasteiger partial charge in [0.2, 0.25) is 0 Å². The number of benzene rings is 3. The van der Waals surface area contributed by atoms with Crippen LogP contribution in [0.2, 0.25) is 0 Å². The molecular formula is C24H20O2S. The van der Waals surface area contributed by atoms with Crippen LogP contribution in [-0.4, -0.2) is 11.0 Å². The zero-order valence-corrected chi connectivity index (χ0v) is 15.6. The zero-order chi connectivity index (χ0) is 18.4. The molecule has 0 amide bonds. The molecule has 1 unspecified atom stereocenters. The van der Waals surface area contributed by atoms with E-state index in [9.17, 15) is 0 Å². The Morgan fingerprint density at radius 1 is 0.630 bits per heavy atom. The molecule has 4 rings (SSSR count). The first-order valence-corrected chi connectivity index (χ1v) is 9.78. The molecule has 3 aromatic rings. The first-order valence-electron chi connectivity index (χ1n) is 8.90. The summed E-state index contributed by atoms with van der Waals surface area (Å²) in [6.45, 7) is 0. The molecule has 0 aromatic heterocycles. The fourth-order valence-electron chi connectivity index (χ4n) is 2.90. The van der Waals surface area contributed by atoms with Gasteiger partial charge in [0, 0.05) is 11.0 Å². The first-order chi connectivity index (χ1) is 13.3. The zero-order valence-electron chi connectivity index (χ0n) is 14.8.